The number of carbonyl (C=O) groups excluding carboxylic acids is 1. The molecular weight excluding hydrogens is 328 g/mol. The Kier molecular flexibility index (Phi) is 5.12. The van der Waals surface area contributed by atoms with Gasteiger partial charge in [-0.3, -0.25) is 4.79 Å². The lowest BCUT2D eigenvalue weighted by atomic mass is 9.99. The number of nitrogens with one attached hydrogen (secondary N) is 1. The fourth-order valence-corrected chi connectivity index (χ4v) is 2.48. The van der Waals surface area contributed by atoms with Crippen LogP contribution in [0.3, 0.4) is 0 Å². The third kappa shape index (κ3) is 3.87. The van der Waals surface area contributed by atoms with Crippen LogP contribution in [0.5, 0.6) is 11.5 Å². The van der Waals surface area contributed by atoms with Crippen molar-refractivity contribution < 1.29 is 23.7 Å². The van der Waals surface area contributed by atoms with Crippen LogP contribution in [0.1, 0.15) is 24.2 Å². The van der Waals surface area contributed by atoms with E-state index in [1.165, 1.54) is 7.11 Å². The molecule has 0 spiro atoms. The highest BCUT2D eigenvalue weighted by atomic mass is 16.6. The topological polar surface area (TPSA) is 108 Å². The van der Waals surface area contributed by atoms with Crippen LogP contribution >= 0.6 is 0 Å². The van der Waals surface area contributed by atoms with Crippen LogP contribution in [0.25, 0.3) is 0 Å². The molecule has 1 aromatic heterocycles. The predicted octanol–water partition coefficient (Wildman–Crippen LogP) is 1.78. The zero-order chi connectivity index (χ0) is 17.6. The first kappa shape index (κ1) is 16.7. The first-order chi connectivity index (χ1) is 12.2. The Morgan fingerprint density at radius 2 is 2.16 bits per heavy atom. The normalized spacial score (nSPS) is 14.7. The summed E-state index contributed by atoms with van der Waals surface area (Å²) in [5.41, 5.74) is 2.52. The standard InChI is InChI=1S/C16H18N4O5/c1-22-10-6-7-11(14(8-10)23-2)17-15(21)9-24-18-12-4-3-5-13-16(12)20-25-19-13/h6-8H,3-5,9H2,1-2H3,(H,17,21)/b18-12+. The maximum Gasteiger partial charge on any atom is 0.265 e. The lowest BCUT2D eigenvalue weighted by Crippen LogP contribution is -2.19. The molecule has 1 amide bonds. The minimum atomic E-state index is -0.359. The summed E-state index contributed by atoms with van der Waals surface area (Å²) < 4.78 is 15.1. The Morgan fingerprint density at radius 1 is 1.28 bits per heavy atom. The van der Waals surface area contributed by atoms with Crippen molar-refractivity contribution in [1.29, 1.82) is 0 Å². The predicted molar refractivity (Wildman–Crippen MR) is 87.9 cm³/mol. The van der Waals surface area contributed by atoms with E-state index in [-0.39, 0.29) is 12.5 Å². The van der Waals surface area contributed by atoms with Crippen LogP contribution < -0.4 is 14.8 Å². The zero-order valence-electron chi connectivity index (χ0n) is 13.9. The van der Waals surface area contributed by atoms with Crippen molar-refractivity contribution in [2.45, 2.75) is 19.3 Å². The number of amides is 1. The first-order valence-corrected chi connectivity index (χ1v) is 7.73. The molecule has 9 heteroatoms. The van der Waals surface area contributed by atoms with Gasteiger partial charge in [0.2, 0.25) is 0 Å². The molecule has 1 aliphatic rings. The summed E-state index contributed by atoms with van der Waals surface area (Å²) in [5, 5.41) is 14.3. The number of benzene rings is 1. The number of carbonyl (C=O) groups is 1. The third-order valence-corrected chi connectivity index (χ3v) is 3.71. The summed E-state index contributed by atoms with van der Waals surface area (Å²) in [6.07, 6.45) is 2.39. The Labute approximate surface area is 143 Å². The van der Waals surface area contributed by atoms with Crippen LogP contribution in [-0.4, -0.2) is 42.8 Å². The largest absolute Gasteiger partial charge is 0.497 e. The Balaban J connectivity index is 1.58. The molecule has 0 atom stereocenters. The average Bonchev–Trinajstić information content (AvgIpc) is 3.11. The zero-order valence-corrected chi connectivity index (χ0v) is 13.9. The molecule has 2 aromatic rings. The van der Waals surface area contributed by atoms with Gasteiger partial charge in [0, 0.05) is 6.07 Å². The quantitative estimate of drug-likeness (QED) is 0.794. The van der Waals surface area contributed by atoms with E-state index in [9.17, 15) is 4.79 Å². The van der Waals surface area contributed by atoms with E-state index >= 15 is 0 Å². The average molecular weight is 346 g/mol. The van der Waals surface area contributed by atoms with Crippen molar-refractivity contribution >= 4 is 17.3 Å². The van der Waals surface area contributed by atoms with E-state index in [1.54, 1.807) is 25.3 Å². The van der Waals surface area contributed by atoms with Crippen LogP contribution in [0.15, 0.2) is 28.0 Å². The van der Waals surface area contributed by atoms with Crippen LogP contribution in [0, 0.1) is 0 Å². The summed E-state index contributed by atoms with van der Waals surface area (Å²) in [6, 6.07) is 5.09. The molecule has 1 aliphatic carbocycles. The fraction of sp³-hybridized carbons (Fsp3) is 0.375. The van der Waals surface area contributed by atoms with Crippen molar-refractivity contribution in [1.82, 2.24) is 10.3 Å². The van der Waals surface area contributed by atoms with Gasteiger partial charge in [0.15, 0.2) is 12.3 Å². The molecule has 0 saturated carbocycles. The molecular formula is C16H18N4O5. The maximum absolute atomic E-state index is 12.0. The third-order valence-electron chi connectivity index (χ3n) is 3.71. The van der Waals surface area contributed by atoms with Crippen LogP contribution in [-0.2, 0) is 16.1 Å². The van der Waals surface area contributed by atoms with Crippen LogP contribution in [0.4, 0.5) is 5.69 Å². The molecule has 0 saturated heterocycles. The lowest BCUT2D eigenvalue weighted by molar-refractivity contribution is -0.120. The molecule has 0 unspecified atom stereocenters. The van der Waals surface area contributed by atoms with Gasteiger partial charge in [-0.1, -0.05) is 10.3 Å². The smallest absolute Gasteiger partial charge is 0.265 e. The van der Waals surface area contributed by atoms with Crippen molar-refractivity contribution in [3.63, 3.8) is 0 Å². The molecule has 1 aromatic carbocycles. The minimum Gasteiger partial charge on any atom is -0.497 e. The number of fused-ring (bicyclic) bond motifs is 1. The van der Waals surface area contributed by atoms with Gasteiger partial charge in [-0.2, -0.15) is 0 Å². The van der Waals surface area contributed by atoms with E-state index < -0.39 is 0 Å². The Bertz CT molecular complexity index is 787. The lowest BCUT2D eigenvalue weighted by Gasteiger charge is -2.12. The van der Waals surface area contributed by atoms with Crippen molar-refractivity contribution in [2.24, 2.45) is 5.16 Å². The van der Waals surface area contributed by atoms with Crippen LogP contribution in [0.2, 0.25) is 0 Å². The second-order valence-electron chi connectivity index (χ2n) is 5.34. The number of aromatic nitrogens is 2. The highest BCUT2D eigenvalue weighted by molar-refractivity contribution is 6.00. The van der Waals surface area contributed by atoms with Crippen molar-refractivity contribution in [2.75, 3.05) is 26.1 Å². The summed E-state index contributed by atoms with van der Waals surface area (Å²) in [4.78, 5) is 17.2. The summed E-state index contributed by atoms with van der Waals surface area (Å²) in [7, 11) is 3.07. The number of ether oxygens (including phenoxy) is 2. The van der Waals surface area contributed by atoms with Gasteiger partial charge in [0.1, 0.15) is 22.9 Å². The van der Waals surface area contributed by atoms with Gasteiger partial charge < -0.3 is 19.6 Å². The monoisotopic (exact) mass is 346 g/mol. The Morgan fingerprint density at radius 3 is 2.96 bits per heavy atom. The summed E-state index contributed by atoms with van der Waals surface area (Å²) in [5.74, 6) is 0.763. The first-order valence-electron chi connectivity index (χ1n) is 7.73. The molecule has 0 aliphatic heterocycles. The molecule has 25 heavy (non-hydrogen) atoms. The van der Waals surface area contributed by atoms with Crippen molar-refractivity contribution in [3.8, 4) is 11.5 Å². The number of oxime groups is 1. The highest BCUT2D eigenvalue weighted by Gasteiger charge is 2.22. The highest BCUT2D eigenvalue weighted by Crippen LogP contribution is 2.28. The number of aryl methyl sites for hydroxylation is 1. The van der Waals surface area contributed by atoms with Crippen molar-refractivity contribution in [3.05, 3.63) is 29.6 Å². The van der Waals surface area contributed by atoms with Gasteiger partial charge in [0.25, 0.3) is 5.91 Å². The number of rotatable bonds is 6. The van der Waals surface area contributed by atoms with Gasteiger partial charge in [-0.05, 0) is 36.6 Å². The van der Waals surface area contributed by atoms with Gasteiger partial charge in [0.05, 0.1) is 19.9 Å². The molecule has 1 heterocycles. The number of nitrogens with zero attached hydrogens (tertiary/aromatic N) is 3. The summed E-state index contributed by atoms with van der Waals surface area (Å²) in [6.45, 7) is -0.237. The van der Waals surface area contributed by atoms with E-state index in [0.717, 1.165) is 18.5 Å². The van der Waals surface area contributed by atoms with E-state index in [0.29, 0.717) is 35.0 Å². The molecule has 0 radical (unpaired) electrons. The van der Waals surface area contributed by atoms with E-state index in [2.05, 4.69) is 20.8 Å². The molecule has 9 nitrogen and oxygen atoms in total. The number of hydrogen-bond donors (Lipinski definition) is 1. The second kappa shape index (κ2) is 7.65. The number of methoxy groups -OCH3 is 2. The van der Waals surface area contributed by atoms with Gasteiger partial charge in [-0.25, -0.2) is 4.63 Å². The molecule has 3 rings (SSSR count). The minimum absolute atomic E-state index is 0.237. The molecule has 0 bridgehead atoms. The van der Waals surface area contributed by atoms with Gasteiger partial charge in [-0.15, -0.1) is 0 Å². The SMILES string of the molecule is COc1ccc(NC(=O)CO/N=C2\CCCc3nonc32)c(OC)c1. The van der Waals surface area contributed by atoms with Gasteiger partial charge >= 0.3 is 0 Å². The van der Waals surface area contributed by atoms with E-state index in [1.807, 2.05) is 0 Å². The number of anilines is 1. The Hall–Kier alpha value is -3.10. The van der Waals surface area contributed by atoms with E-state index in [4.69, 9.17) is 18.9 Å². The second-order valence-corrected chi connectivity index (χ2v) is 5.34. The summed E-state index contributed by atoms with van der Waals surface area (Å²) >= 11 is 0. The molecule has 132 valence electrons. The maximum atomic E-state index is 12.0. The number of hydrogen-bond acceptors (Lipinski definition) is 8. The fourth-order valence-electron chi connectivity index (χ4n) is 2.48. The molecule has 1 N–H and O–H groups in total. The molecule has 0 fully saturated rings.